The van der Waals surface area contributed by atoms with E-state index in [2.05, 4.69) is 13.8 Å². The normalized spacial score (nSPS) is 14.2. The molecule has 0 aliphatic rings. The standard InChI is InChI=1S/C9H21NO2/c1-5-7(6-2)8(10)9(11-3)12-4/h7-9H,5-6,10H2,1-4H3. The van der Waals surface area contributed by atoms with E-state index in [0.29, 0.717) is 5.92 Å². The van der Waals surface area contributed by atoms with Crippen LogP contribution in [0.1, 0.15) is 26.7 Å². The molecule has 12 heavy (non-hydrogen) atoms. The van der Waals surface area contributed by atoms with Crippen LogP contribution in [0.2, 0.25) is 0 Å². The molecule has 0 heterocycles. The van der Waals surface area contributed by atoms with Gasteiger partial charge in [-0.05, 0) is 5.92 Å². The first-order chi connectivity index (χ1) is 5.71. The van der Waals surface area contributed by atoms with Gasteiger partial charge in [-0.3, -0.25) is 0 Å². The summed E-state index contributed by atoms with van der Waals surface area (Å²) in [5.41, 5.74) is 5.95. The van der Waals surface area contributed by atoms with Crippen LogP contribution in [0.4, 0.5) is 0 Å². The first kappa shape index (κ1) is 11.9. The van der Waals surface area contributed by atoms with Gasteiger partial charge in [0.2, 0.25) is 0 Å². The minimum Gasteiger partial charge on any atom is -0.354 e. The lowest BCUT2D eigenvalue weighted by Gasteiger charge is -2.27. The quantitative estimate of drug-likeness (QED) is 0.620. The molecule has 1 atom stereocenters. The minimum atomic E-state index is -0.269. The third-order valence-electron chi connectivity index (χ3n) is 2.37. The van der Waals surface area contributed by atoms with E-state index in [-0.39, 0.29) is 12.3 Å². The van der Waals surface area contributed by atoms with Crippen LogP contribution < -0.4 is 5.73 Å². The molecule has 1 unspecified atom stereocenters. The van der Waals surface area contributed by atoms with E-state index >= 15 is 0 Å². The van der Waals surface area contributed by atoms with Crippen LogP contribution in [0, 0.1) is 5.92 Å². The smallest absolute Gasteiger partial charge is 0.172 e. The van der Waals surface area contributed by atoms with E-state index in [0.717, 1.165) is 12.8 Å². The zero-order valence-electron chi connectivity index (χ0n) is 8.54. The lowest BCUT2D eigenvalue weighted by Crippen LogP contribution is -2.43. The van der Waals surface area contributed by atoms with Crippen LogP contribution >= 0.6 is 0 Å². The van der Waals surface area contributed by atoms with E-state index in [9.17, 15) is 0 Å². The van der Waals surface area contributed by atoms with Gasteiger partial charge in [0.1, 0.15) is 0 Å². The molecule has 0 aromatic heterocycles. The molecule has 0 saturated carbocycles. The van der Waals surface area contributed by atoms with Crippen LogP contribution in [0.3, 0.4) is 0 Å². The highest BCUT2D eigenvalue weighted by molar-refractivity contribution is 4.73. The number of rotatable bonds is 6. The van der Waals surface area contributed by atoms with Crippen molar-refractivity contribution >= 4 is 0 Å². The fraction of sp³-hybridized carbons (Fsp3) is 1.00. The average molecular weight is 175 g/mol. The fourth-order valence-corrected chi connectivity index (χ4v) is 1.47. The summed E-state index contributed by atoms with van der Waals surface area (Å²) in [6.45, 7) is 4.27. The van der Waals surface area contributed by atoms with Crippen LogP contribution in [-0.4, -0.2) is 26.6 Å². The Balaban J connectivity index is 4.02. The fourth-order valence-electron chi connectivity index (χ4n) is 1.47. The van der Waals surface area contributed by atoms with Gasteiger partial charge < -0.3 is 15.2 Å². The van der Waals surface area contributed by atoms with Crippen molar-refractivity contribution in [1.82, 2.24) is 0 Å². The van der Waals surface area contributed by atoms with Crippen LogP contribution in [0.15, 0.2) is 0 Å². The van der Waals surface area contributed by atoms with Gasteiger partial charge in [-0.25, -0.2) is 0 Å². The SMILES string of the molecule is CCC(CC)C(N)C(OC)OC. The molecule has 0 fully saturated rings. The Morgan fingerprint density at radius 2 is 1.50 bits per heavy atom. The Morgan fingerprint density at radius 3 is 1.75 bits per heavy atom. The molecule has 3 heteroatoms. The minimum absolute atomic E-state index is 0.0185. The van der Waals surface area contributed by atoms with Gasteiger partial charge >= 0.3 is 0 Å². The molecule has 0 aliphatic carbocycles. The number of methoxy groups -OCH3 is 2. The van der Waals surface area contributed by atoms with Crippen molar-refractivity contribution in [3.8, 4) is 0 Å². The van der Waals surface area contributed by atoms with Crippen molar-refractivity contribution in [2.24, 2.45) is 11.7 Å². The highest BCUT2D eigenvalue weighted by atomic mass is 16.7. The molecule has 0 aromatic carbocycles. The Kier molecular flexibility index (Phi) is 6.34. The molecular formula is C9H21NO2. The molecule has 0 rings (SSSR count). The van der Waals surface area contributed by atoms with Gasteiger partial charge in [-0.1, -0.05) is 26.7 Å². The van der Waals surface area contributed by atoms with Crippen molar-refractivity contribution < 1.29 is 9.47 Å². The van der Waals surface area contributed by atoms with Gasteiger partial charge in [-0.15, -0.1) is 0 Å². The highest BCUT2D eigenvalue weighted by Crippen LogP contribution is 2.15. The number of ether oxygens (including phenoxy) is 2. The number of hydrogen-bond acceptors (Lipinski definition) is 3. The topological polar surface area (TPSA) is 44.5 Å². The predicted molar refractivity (Wildman–Crippen MR) is 49.9 cm³/mol. The summed E-state index contributed by atoms with van der Waals surface area (Å²) in [6.07, 6.45) is 1.87. The molecule has 74 valence electrons. The third kappa shape index (κ3) is 3.09. The molecule has 0 spiro atoms. The summed E-state index contributed by atoms with van der Waals surface area (Å²) >= 11 is 0. The largest absolute Gasteiger partial charge is 0.354 e. The van der Waals surface area contributed by atoms with E-state index in [1.165, 1.54) is 0 Å². The Hall–Kier alpha value is -0.120. The first-order valence-corrected chi connectivity index (χ1v) is 4.52. The zero-order valence-corrected chi connectivity index (χ0v) is 8.54. The van der Waals surface area contributed by atoms with E-state index in [1.54, 1.807) is 14.2 Å². The maximum absolute atomic E-state index is 5.95. The molecule has 3 nitrogen and oxygen atoms in total. The lowest BCUT2D eigenvalue weighted by atomic mass is 9.94. The van der Waals surface area contributed by atoms with Gasteiger partial charge in [0.15, 0.2) is 6.29 Å². The summed E-state index contributed by atoms with van der Waals surface area (Å²) in [4.78, 5) is 0. The molecule has 0 amide bonds. The second kappa shape index (κ2) is 6.40. The first-order valence-electron chi connectivity index (χ1n) is 4.52. The maximum atomic E-state index is 5.95. The van der Waals surface area contributed by atoms with Crippen molar-refractivity contribution in [2.45, 2.75) is 39.0 Å². The average Bonchev–Trinajstić information content (AvgIpc) is 2.09. The van der Waals surface area contributed by atoms with Crippen LogP contribution in [0.25, 0.3) is 0 Å². The van der Waals surface area contributed by atoms with Crippen LogP contribution in [0.5, 0.6) is 0 Å². The summed E-state index contributed by atoms with van der Waals surface area (Å²) in [5.74, 6) is 0.481. The Morgan fingerprint density at radius 1 is 1.08 bits per heavy atom. The van der Waals surface area contributed by atoms with Gasteiger partial charge in [0.25, 0.3) is 0 Å². The third-order valence-corrected chi connectivity index (χ3v) is 2.37. The summed E-state index contributed by atoms with van der Waals surface area (Å²) in [5, 5.41) is 0. The molecule has 0 saturated heterocycles. The van der Waals surface area contributed by atoms with Gasteiger partial charge in [0, 0.05) is 14.2 Å². The van der Waals surface area contributed by atoms with Crippen molar-refractivity contribution in [3.63, 3.8) is 0 Å². The highest BCUT2D eigenvalue weighted by Gasteiger charge is 2.23. The van der Waals surface area contributed by atoms with Crippen molar-refractivity contribution in [3.05, 3.63) is 0 Å². The Labute approximate surface area is 75.2 Å². The van der Waals surface area contributed by atoms with Crippen molar-refractivity contribution in [1.29, 1.82) is 0 Å². The molecule has 0 bridgehead atoms. The van der Waals surface area contributed by atoms with E-state index < -0.39 is 0 Å². The zero-order chi connectivity index (χ0) is 9.56. The van der Waals surface area contributed by atoms with Gasteiger partial charge in [0.05, 0.1) is 6.04 Å². The van der Waals surface area contributed by atoms with Gasteiger partial charge in [-0.2, -0.15) is 0 Å². The molecular weight excluding hydrogens is 154 g/mol. The van der Waals surface area contributed by atoms with E-state index in [1.807, 2.05) is 0 Å². The molecule has 0 aliphatic heterocycles. The lowest BCUT2D eigenvalue weighted by molar-refractivity contribution is -0.126. The molecule has 0 radical (unpaired) electrons. The second-order valence-corrected chi connectivity index (χ2v) is 2.99. The monoisotopic (exact) mass is 175 g/mol. The number of hydrogen-bond donors (Lipinski definition) is 1. The van der Waals surface area contributed by atoms with Crippen LogP contribution in [-0.2, 0) is 9.47 Å². The predicted octanol–water partition coefficient (Wildman–Crippen LogP) is 1.37. The summed E-state index contributed by atoms with van der Waals surface area (Å²) in [6, 6.07) is -0.0185. The molecule has 0 aromatic rings. The Bertz CT molecular complexity index is 88.7. The maximum Gasteiger partial charge on any atom is 0.172 e. The van der Waals surface area contributed by atoms with Crippen molar-refractivity contribution in [2.75, 3.05) is 14.2 Å². The summed E-state index contributed by atoms with van der Waals surface area (Å²) in [7, 11) is 3.24. The summed E-state index contributed by atoms with van der Waals surface area (Å²) < 4.78 is 10.2. The van der Waals surface area contributed by atoms with E-state index in [4.69, 9.17) is 15.2 Å². The molecule has 2 N–H and O–H groups in total. The second-order valence-electron chi connectivity index (χ2n) is 2.99. The number of nitrogens with two attached hydrogens (primary N) is 1.